The van der Waals surface area contributed by atoms with Gasteiger partial charge in [-0.15, -0.1) is 0 Å². The Balaban J connectivity index is 2.06. The van der Waals surface area contributed by atoms with Gasteiger partial charge in [-0.1, -0.05) is 0 Å². The van der Waals surface area contributed by atoms with Crippen molar-refractivity contribution in [3.05, 3.63) is 16.3 Å². The van der Waals surface area contributed by atoms with Gasteiger partial charge in [0.2, 0.25) is 0 Å². The highest BCUT2D eigenvalue weighted by atomic mass is 16.7. The molecule has 0 amide bonds. The summed E-state index contributed by atoms with van der Waals surface area (Å²) in [5.74, 6) is 0.676. The fraction of sp³-hybridized carbons (Fsp3) is 0.846. The number of ether oxygens (including phenoxy) is 2. The van der Waals surface area contributed by atoms with E-state index >= 15 is 0 Å². The highest BCUT2D eigenvalue weighted by Gasteiger charge is 2.18. The maximum absolute atomic E-state index is 12.1. The SMILES string of the molecule is CCn1c(COC2CCCCO2)nn(C(C)C)c1=O. The van der Waals surface area contributed by atoms with Crippen molar-refractivity contribution in [2.45, 2.75) is 65.5 Å². The molecular weight excluding hydrogens is 246 g/mol. The van der Waals surface area contributed by atoms with Gasteiger partial charge in [0, 0.05) is 13.2 Å². The van der Waals surface area contributed by atoms with Crippen LogP contribution in [-0.2, 0) is 22.6 Å². The van der Waals surface area contributed by atoms with Crippen molar-refractivity contribution in [2.24, 2.45) is 0 Å². The largest absolute Gasteiger partial charge is 0.353 e. The summed E-state index contributed by atoms with van der Waals surface area (Å²) in [5.41, 5.74) is -0.0688. The lowest BCUT2D eigenvalue weighted by Crippen LogP contribution is -2.26. The average molecular weight is 269 g/mol. The second-order valence-corrected chi connectivity index (χ2v) is 5.09. The molecule has 6 heteroatoms. The number of aromatic nitrogens is 3. The summed E-state index contributed by atoms with van der Waals surface area (Å²) < 4.78 is 14.4. The van der Waals surface area contributed by atoms with E-state index < -0.39 is 0 Å². The second-order valence-electron chi connectivity index (χ2n) is 5.09. The Morgan fingerprint density at radius 1 is 1.47 bits per heavy atom. The lowest BCUT2D eigenvalue weighted by molar-refractivity contribution is -0.170. The predicted molar refractivity (Wildman–Crippen MR) is 70.9 cm³/mol. The number of hydrogen-bond acceptors (Lipinski definition) is 4. The molecule has 1 aliphatic heterocycles. The Morgan fingerprint density at radius 3 is 2.84 bits per heavy atom. The first-order chi connectivity index (χ1) is 9.13. The van der Waals surface area contributed by atoms with Crippen molar-refractivity contribution in [3.8, 4) is 0 Å². The van der Waals surface area contributed by atoms with E-state index in [0.717, 1.165) is 25.9 Å². The molecule has 1 aromatic heterocycles. The highest BCUT2D eigenvalue weighted by Crippen LogP contribution is 2.15. The van der Waals surface area contributed by atoms with Gasteiger partial charge >= 0.3 is 5.69 Å². The lowest BCUT2D eigenvalue weighted by Gasteiger charge is -2.22. The monoisotopic (exact) mass is 269 g/mol. The van der Waals surface area contributed by atoms with Crippen LogP contribution in [0.15, 0.2) is 4.79 Å². The highest BCUT2D eigenvalue weighted by molar-refractivity contribution is 4.86. The van der Waals surface area contributed by atoms with Crippen molar-refractivity contribution in [1.29, 1.82) is 0 Å². The van der Waals surface area contributed by atoms with Crippen LogP contribution in [-0.4, -0.2) is 27.2 Å². The van der Waals surface area contributed by atoms with Gasteiger partial charge < -0.3 is 9.47 Å². The van der Waals surface area contributed by atoms with Crippen LogP contribution >= 0.6 is 0 Å². The summed E-state index contributed by atoms with van der Waals surface area (Å²) in [6.07, 6.45) is 2.99. The van der Waals surface area contributed by atoms with E-state index in [-0.39, 0.29) is 18.0 Å². The van der Waals surface area contributed by atoms with Gasteiger partial charge in [0.1, 0.15) is 6.61 Å². The van der Waals surface area contributed by atoms with E-state index in [1.807, 2.05) is 20.8 Å². The molecule has 1 fully saturated rings. The molecule has 108 valence electrons. The zero-order valence-corrected chi connectivity index (χ0v) is 12.0. The van der Waals surface area contributed by atoms with Crippen LogP contribution in [0.25, 0.3) is 0 Å². The normalized spacial score (nSPS) is 20.1. The van der Waals surface area contributed by atoms with Gasteiger partial charge in [-0.05, 0) is 40.0 Å². The molecule has 1 aromatic rings. The Bertz CT molecular complexity index is 458. The lowest BCUT2D eigenvalue weighted by atomic mass is 10.2. The van der Waals surface area contributed by atoms with E-state index in [2.05, 4.69) is 5.10 Å². The number of hydrogen-bond donors (Lipinski definition) is 0. The zero-order chi connectivity index (χ0) is 13.8. The predicted octanol–water partition coefficient (Wildman–Crippen LogP) is 1.69. The van der Waals surface area contributed by atoms with Crippen LogP contribution in [0.4, 0.5) is 0 Å². The molecule has 0 N–H and O–H groups in total. The Morgan fingerprint density at radius 2 is 2.26 bits per heavy atom. The van der Waals surface area contributed by atoms with E-state index in [1.165, 1.54) is 4.68 Å². The van der Waals surface area contributed by atoms with Gasteiger partial charge in [0.15, 0.2) is 12.1 Å². The fourth-order valence-corrected chi connectivity index (χ4v) is 2.23. The van der Waals surface area contributed by atoms with Crippen LogP contribution < -0.4 is 5.69 Å². The summed E-state index contributed by atoms with van der Waals surface area (Å²) >= 11 is 0. The summed E-state index contributed by atoms with van der Waals surface area (Å²) in [4.78, 5) is 12.1. The average Bonchev–Trinajstić information content (AvgIpc) is 2.74. The van der Waals surface area contributed by atoms with Crippen LogP contribution in [0.5, 0.6) is 0 Å². The summed E-state index contributed by atoms with van der Waals surface area (Å²) in [6.45, 7) is 7.52. The molecule has 0 bridgehead atoms. The van der Waals surface area contributed by atoms with Gasteiger partial charge in [-0.2, -0.15) is 5.10 Å². The smallest absolute Gasteiger partial charge is 0.346 e. The zero-order valence-electron chi connectivity index (χ0n) is 12.0. The van der Waals surface area contributed by atoms with Gasteiger partial charge in [0.25, 0.3) is 0 Å². The first kappa shape index (κ1) is 14.3. The summed E-state index contributed by atoms with van der Waals surface area (Å²) in [6, 6.07) is 0.0602. The van der Waals surface area contributed by atoms with Crippen molar-refractivity contribution in [3.63, 3.8) is 0 Å². The van der Waals surface area contributed by atoms with E-state index in [0.29, 0.717) is 19.0 Å². The molecule has 2 rings (SSSR count). The van der Waals surface area contributed by atoms with Crippen molar-refractivity contribution >= 4 is 0 Å². The molecule has 2 heterocycles. The first-order valence-corrected chi connectivity index (χ1v) is 7.05. The first-order valence-electron chi connectivity index (χ1n) is 7.05. The van der Waals surface area contributed by atoms with Crippen LogP contribution in [0.2, 0.25) is 0 Å². The molecule has 0 radical (unpaired) electrons. The molecule has 1 atom stereocenters. The van der Waals surface area contributed by atoms with E-state index in [4.69, 9.17) is 9.47 Å². The van der Waals surface area contributed by atoms with E-state index in [1.54, 1.807) is 4.57 Å². The van der Waals surface area contributed by atoms with Crippen LogP contribution in [0.3, 0.4) is 0 Å². The third-order valence-corrected chi connectivity index (χ3v) is 3.30. The minimum atomic E-state index is -0.154. The fourth-order valence-electron chi connectivity index (χ4n) is 2.23. The quantitative estimate of drug-likeness (QED) is 0.816. The Kier molecular flexibility index (Phi) is 4.76. The maximum atomic E-state index is 12.1. The molecule has 19 heavy (non-hydrogen) atoms. The van der Waals surface area contributed by atoms with Crippen molar-refractivity contribution in [2.75, 3.05) is 6.61 Å². The molecule has 1 saturated heterocycles. The molecule has 0 aromatic carbocycles. The maximum Gasteiger partial charge on any atom is 0.346 e. The summed E-state index contributed by atoms with van der Waals surface area (Å²) in [7, 11) is 0. The Hall–Kier alpha value is -1.14. The molecule has 0 spiro atoms. The molecular formula is C13H23N3O3. The molecule has 1 unspecified atom stereocenters. The van der Waals surface area contributed by atoms with Gasteiger partial charge in [-0.3, -0.25) is 4.57 Å². The van der Waals surface area contributed by atoms with Crippen LogP contribution in [0, 0.1) is 0 Å². The molecule has 0 saturated carbocycles. The summed E-state index contributed by atoms with van der Waals surface area (Å²) in [5, 5.41) is 4.35. The van der Waals surface area contributed by atoms with Gasteiger partial charge in [-0.25, -0.2) is 9.48 Å². The number of nitrogens with zero attached hydrogens (tertiary/aromatic N) is 3. The topological polar surface area (TPSA) is 58.3 Å². The van der Waals surface area contributed by atoms with Gasteiger partial charge in [0.05, 0.1) is 6.04 Å². The second kappa shape index (κ2) is 6.34. The third-order valence-electron chi connectivity index (χ3n) is 3.30. The van der Waals surface area contributed by atoms with Crippen LogP contribution in [0.1, 0.15) is 51.9 Å². The number of rotatable bonds is 5. The van der Waals surface area contributed by atoms with Crippen molar-refractivity contribution < 1.29 is 9.47 Å². The standard InChI is InChI=1S/C13H23N3O3/c1-4-15-11(14-16(10(2)3)13(15)17)9-19-12-7-5-6-8-18-12/h10,12H,4-9H2,1-3H3. The minimum absolute atomic E-state index is 0.0602. The minimum Gasteiger partial charge on any atom is -0.353 e. The van der Waals surface area contributed by atoms with Crippen molar-refractivity contribution in [1.82, 2.24) is 14.3 Å². The Labute approximate surface area is 113 Å². The molecule has 0 aliphatic carbocycles. The molecule has 6 nitrogen and oxygen atoms in total. The molecule has 1 aliphatic rings. The van der Waals surface area contributed by atoms with E-state index in [9.17, 15) is 4.79 Å². The third kappa shape index (κ3) is 3.25.